The van der Waals surface area contributed by atoms with Crippen LogP contribution >= 0.6 is 0 Å². The van der Waals surface area contributed by atoms with Crippen molar-refractivity contribution in [3.63, 3.8) is 0 Å². The molecule has 22 heavy (non-hydrogen) atoms. The Hall–Kier alpha value is -2.67. The van der Waals surface area contributed by atoms with Gasteiger partial charge in [-0.2, -0.15) is 9.13 Å². The van der Waals surface area contributed by atoms with Crippen molar-refractivity contribution in [2.45, 2.75) is 19.5 Å². The Balaban J connectivity index is 2.18. The van der Waals surface area contributed by atoms with Gasteiger partial charge in [-0.05, 0) is 17.0 Å². The van der Waals surface area contributed by atoms with E-state index in [1.165, 1.54) is 0 Å². The second-order valence-electron chi connectivity index (χ2n) is 5.41. The summed E-state index contributed by atoms with van der Waals surface area (Å²) in [6.07, 6.45) is 13.1. The van der Waals surface area contributed by atoms with Crippen LogP contribution in [0.2, 0.25) is 0 Å². The van der Waals surface area contributed by atoms with Crippen molar-refractivity contribution in [2.75, 3.05) is 14.1 Å². The minimum absolute atomic E-state index is 0.0767. The van der Waals surface area contributed by atoms with E-state index in [2.05, 4.69) is 5.92 Å². The van der Waals surface area contributed by atoms with Gasteiger partial charge in [0.05, 0.1) is 0 Å². The molecule has 0 saturated carbocycles. The first-order valence-electron chi connectivity index (χ1n) is 7.18. The molecule has 1 unspecified atom stereocenters. The van der Waals surface area contributed by atoms with Crippen LogP contribution in [0.5, 0.6) is 0 Å². The SMILES string of the molecule is C#CC[n+]1ccc(-c2cc[n+](C(C)C(=O)N(C)C)cc2)cc1. The van der Waals surface area contributed by atoms with E-state index < -0.39 is 0 Å². The third-order valence-electron chi connectivity index (χ3n) is 3.60. The highest BCUT2D eigenvalue weighted by molar-refractivity contribution is 5.77. The van der Waals surface area contributed by atoms with E-state index in [1.807, 2.05) is 65.1 Å². The lowest BCUT2D eigenvalue weighted by molar-refractivity contribution is -0.706. The van der Waals surface area contributed by atoms with Gasteiger partial charge < -0.3 is 4.90 Å². The van der Waals surface area contributed by atoms with Crippen LogP contribution in [0.4, 0.5) is 0 Å². The summed E-state index contributed by atoms with van der Waals surface area (Å²) >= 11 is 0. The van der Waals surface area contributed by atoms with Gasteiger partial charge in [0, 0.05) is 45.3 Å². The number of hydrogen-bond donors (Lipinski definition) is 0. The van der Waals surface area contributed by atoms with E-state index >= 15 is 0 Å². The Morgan fingerprint density at radius 2 is 1.64 bits per heavy atom. The summed E-state index contributed by atoms with van der Waals surface area (Å²) in [6.45, 7) is 2.46. The van der Waals surface area contributed by atoms with Gasteiger partial charge in [0.15, 0.2) is 24.8 Å². The van der Waals surface area contributed by atoms with Crippen molar-refractivity contribution in [3.05, 3.63) is 49.1 Å². The molecular formula is C18H21N3O+2. The summed E-state index contributed by atoms with van der Waals surface area (Å²) in [6, 6.07) is 7.88. The summed E-state index contributed by atoms with van der Waals surface area (Å²) in [5.41, 5.74) is 2.22. The van der Waals surface area contributed by atoms with E-state index in [1.54, 1.807) is 19.0 Å². The first kappa shape index (κ1) is 15.7. The molecule has 0 aliphatic heterocycles. The fourth-order valence-electron chi connectivity index (χ4n) is 2.25. The fraction of sp³-hybridized carbons (Fsp3) is 0.278. The second-order valence-corrected chi connectivity index (χ2v) is 5.41. The molecule has 2 aromatic heterocycles. The first-order chi connectivity index (χ1) is 10.5. The number of carbonyl (C=O) groups is 1. The smallest absolute Gasteiger partial charge is 0.290 e. The van der Waals surface area contributed by atoms with E-state index in [-0.39, 0.29) is 11.9 Å². The van der Waals surface area contributed by atoms with Crippen molar-refractivity contribution in [2.24, 2.45) is 0 Å². The highest BCUT2D eigenvalue weighted by Gasteiger charge is 2.23. The van der Waals surface area contributed by atoms with Crippen molar-refractivity contribution in [1.82, 2.24) is 4.90 Å². The van der Waals surface area contributed by atoms with Crippen molar-refractivity contribution >= 4 is 5.91 Å². The van der Waals surface area contributed by atoms with Gasteiger partial charge >= 0.3 is 0 Å². The second kappa shape index (κ2) is 6.86. The lowest BCUT2D eigenvalue weighted by Gasteiger charge is -2.13. The number of rotatable bonds is 4. The summed E-state index contributed by atoms with van der Waals surface area (Å²) in [5.74, 6) is 2.68. The highest BCUT2D eigenvalue weighted by Crippen LogP contribution is 2.16. The molecule has 0 aliphatic carbocycles. The molecule has 1 amide bonds. The largest absolute Gasteiger partial charge is 0.343 e. The van der Waals surface area contributed by atoms with Crippen LogP contribution in [0.1, 0.15) is 13.0 Å². The van der Waals surface area contributed by atoms with Gasteiger partial charge in [0.25, 0.3) is 5.91 Å². The molecule has 0 radical (unpaired) electrons. The molecule has 0 bridgehead atoms. The molecule has 112 valence electrons. The molecule has 0 N–H and O–H groups in total. The number of likely N-dealkylation sites (N-methyl/N-ethyl adjacent to an activating group) is 1. The molecule has 2 heterocycles. The Bertz CT molecular complexity index is 682. The Labute approximate surface area is 131 Å². The average molecular weight is 295 g/mol. The molecule has 2 aromatic rings. The van der Waals surface area contributed by atoms with Crippen molar-refractivity contribution in [1.29, 1.82) is 0 Å². The Morgan fingerprint density at radius 3 is 2.09 bits per heavy atom. The summed E-state index contributed by atoms with van der Waals surface area (Å²) in [4.78, 5) is 13.6. The van der Waals surface area contributed by atoms with Crippen molar-refractivity contribution in [3.8, 4) is 23.5 Å². The third kappa shape index (κ3) is 3.50. The Morgan fingerprint density at radius 1 is 1.14 bits per heavy atom. The van der Waals surface area contributed by atoms with Gasteiger partial charge in [-0.25, -0.2) is 0 Å². The molecule has 1 atom stereocenters. The standard InChI is InChI=1S/C18H21N3O/c1-5-10-20-11-6-16(7-12-20)17-8-13-21(14-9-17)15(2)18(22)19(3)4/h1,6-9,11-15H,10H2,2-4H3/q+2. The average Bonchev–Trinajstić information content (AvgIpc) is 2.54. The zero-order valence-corrected chi connectivity index (χ0v) is 13.2. The van der Waals surface area contributed by atoms with Crippen molar-refractivity contribution < 1.29 is 13.9 Å². The topological polar surface area (TPSA) is 28.1 Å². The van der Waals surface area contributed by atoms with Crippen LogP contribution in [0.25, 0.3) is 11.1 Å². The lowest BCUT2D eigenvalue weighted by atomic mass is 10.1. The third-order valence-corrected chi connectivity index (χ3v) is 3.60. The van der Waals surface area contributed by atoms with E-state index in [9.17, 15) is 4.79 Å². The number of pyridine rings is 2. The minimum atomic E-state index is -0.211. The van der Waals surface area contributed by atoms with Gasteiger partial charge in [-0.15, -0.1) is 6.42 Å². The predicted octanol–water partition coefficient (Wildman–Crippen LogP) is 1.21. The quantitative estimate of drug-likeness (QED) is 0.615. The fourth-order valence-corrected chi connectivity index (χ4v) is 2.25. The van der Waals surface area contributed by atoms with Crippen LogP contribution in [0.3, 0.4) is 0 Å². The maximum Gasteiger partial charge on any atom is 0.290 e. The number of nitrogens with zero attached hydrogens (tertiary/aromatic N) is 3. The Kier molecular flexibility index (Phi) is 4.90. The lowest BCUT2D eigenvalue weighted by Crippen LogP contribution is -2.45. The van der Waals surface area contributed by atoms with Crippen LogP contribution in [-0.4, -0.2) is 24.9 Å². The normalized spacial score (nSPS) is 11.5. The zero-order chi connectivity index (χ0) is 16.1. The molecule has 0 aliphatic rings. The zero-order valence-electron chi connectivity index (χ0n) is 13.2. The van der Waals surface area contributed by atoms with E-state index in [4.69, 9.17) is 6.42 Å². The summed E-state index contributed by atoms with van der Waals surface area (Å²) < 4.78 is 3.86. The maximum atomic E-state index is 12.0. The first-order valence-corrected chi connectivity index (χ1v) is 7.18. The van der Waals surface area contributed by atoms with Crippen LogP contribution in [0, 0.1) is 12.3 Å². The van der Waals surface area contributed by atoms with Crippen LogP contribution in [0.15, 0.2) is 49.1 Å². The maximum absolute atomic E-state index is 12.0. The van der Waals surface area contributed by atoms with E-state index in [0.717, 1.165) is 11.1 Å². The molecule has 4 nitrogen and oxygen atoms in total. The minimum Gasteiger partial charge on any atom is -0.343 e. The molecule has 0 aromatic carbocycles. The molecule has 4 heteroatoms. The molecular weight excluding hydrogens is 274 g/mol. The number of carbonyl (C=O) groups excluding carboxylic acids is 1. The number of hydrogen-bond acceptors (Lipinski definition) is 1. The number of amides is 1. The summed E-state index contributed by atoms with van der Waals surface area (Å²) in [5, 5.41) is 0. The predicted molar refractivity (Wildman–Crippen MR) is 84.5 cm³/mol. The van der Waals surface area contributed by atoms with Gasteiger partial charge in [-0.3, -0.25) is 4.79 Å². The molecule has 0 spiro atoms. The van der Waals surface area contributed by atoms with E-state index in [0.29, 0.717) is 6.54 Å². The van der Waals surface area contributed by atoms with Gasteiger partial charge in [-0.1, -0.05) is 0 Å². The van der Waals surface area contributed by atoms with Gasteiger partial charge in [0.2, 0.25) is 12.6 Å². The highest BCUT2D eigenvalue weighted by atomic mass is 16.2. The molecule has 0 fully saturated rings. The van der Waals surface area contributed by atoms with Crippen LogP contribution < -0.4 is 9.13 Å². The molecule has 2 rings (SSSR count). The number of terminal acetylenes is 1. The van der Waals surface area contributed by atoms with Gasteiger partial charge in [0.1, 0.15) is 0 Å². The summed E-state index contributed by atoms with van der Waals surface area (Å²) in [7, 11) is 3.53. The van der Waals surface area contributed by atoms with Crippen LogP contribution in [-0.2, 0) is 11.3 Å². The number of aromatic nitrogens is 2. The molecule has 0 saturated heterocycles. The monoisotopic (exact) mass is 295 g/mol.